The van der Waals surface area contributed by atoms with Gasteiger partial charge in [0.25, 0.3) is 0 Å². The van der Waals surface area contributed by atoms with E-state index in [1.807, 2.05) is 12.2 Å². The van der Waals surface area contributed by atoms with Crippen molar-refractivity contribution < 1.29 is 28.6 Å². The van der Waals surface area contributed by atoms with Gasteiger partial charge in [-0.15, -0.1) is 0 Å². The van der Waals surface area contributed by atoms with Crippen molar-refractivity contribution in [1.82, 2.24) is 0 Å². The zero-order chi connectivity index (χ0) is 49.3. The van der Waals surface area contributed by atoms with E-state index in [2.05, 4.69) is 130 Å². The quantitative estimate of drug-likeness (QED) is 0.0262. The first-order chi connectivity index (χ1) is 33.5. The predicted octanol–water partition coefficient (Wildman–Crippen LogP) is 18.5. The zero-order valence-corrected chi connectivity index (χ0v) is 43.8. The largest absolute Gasteiger partial charge is 0.462 e. The van der Waals surface area contributed by atoms with E-state index < -0.39 is 6.10 Å². The van der Waals surface area contributed by atoms with E-state index in [1.54, 1.807) is 0 Å². The fourth-order valence-corrected chi connectivity index (χ4v) is 7.11. The van der Waals surface area contributed by atoms with E-state index in [0.29, 0.717) is 19.3 Å². The minimum absolute atomic E-state index is 0.124. The van der Waals surface area contributed by atoms with Gasteiger partial charge in [-0.3, -0.25) is 14.4 Å². The molecule has 1 atom stereocenters. The minimum atomic E-state index is -0.839. The van der Waals surface area contributed by atoms with Crippen LogP contribution in [0.5, 0.6) is 0 Å². The Balaban J connectivity index is 4.60. The van der Waals surface area contributed by atoms with Crippen LogP contribution in [0.2, 0.25) is 0 Å². The Kier molecular flexibility index (Phi) is 52.0. The Labute approximate surface area is 418 Å². The van der Waals surface area contributed by atoms with Gasteiger partial charge in [0.05, 0.1) is 0 Å². The van der Waals surface area contributed by atoms with Gasteiger partial charge in [0.2, 0.25) is 0 Å². The third kappa shape index (κ3) is 52.8. The number of rotatable bonds is 48. The molecule has 0 saturated heterocycles. The molecule has 0 aromatic carbocycles. The molecular formula is C62H100O6. The summed E-state index contributed by atoms with van der Waals surface area (Å²) in [6.07, 6.45) is 76.3. The first kappa shape index (κ1) is 63.8. The molecule has 0 aromatic heterocycles. The van der Waals surface area contributed by atoms with Gasteiger partial charge in [-0.25, -0.2) is 0 Å². The average molecular weight is 941 g/mol. The predicted molar refractivity (Wildman–Crippen MR) is 293 cm³/mol. The molecule has 0 aliphatic carbocycles. The number of hydrogen-bond acceptors (Lipinski definition) is 6. The Morgan fingerprint density at radius 1 is 0.309 bits per heavy atom. The molecule has 0 unspecified atom stereocenters. The molecule has 0 spiro atoms. The topological polar surface area (TPSA) is 78.9 Å². The highest BCUT2D eigenvalue weighted by atomic mass is 16.6. The highest BCUT2D eigenvalue weighted by Crippen LogP contribution is 2.14. The summed E-state index contributed by atoms with van der Waals surface area (Å²) in [4.78, 5) is 38.0. The lowest BCUT2D eigenvalue weighted by Crippen LogP contribution is -2.30. The number of carbonyl (C=O) groups excluding carboxylic acids is 3. The summed E-state index contributed by atoms with van der Waals surface area (Å²) in [6, 6.07) is 0. The molecule has 0 radical (unpaired) electrons. The Morgan fingerprint density at radius 3 is 1.03 bits per heavy atom. The Hall–Kier alpha value is -4.19. The van der Waals surface area contributed by atoms with Crippen molar-refractivity contribution in [2.45, 2.75) is 239 Å². The molecule has 0 aliphatic rings. The van der Waals surface area contributed by atoms with Crippen molar-refractivity contribution in [2.24, 2.45) is 0 Å². The molecule has 0 aromatic rings. The normalized spacial score (nSPS) is 13.0. The molecular weight excluding hydrogens is 841 g/mol. The van der Waals surface area contributed by atoms with Crippen LogP contribution in [0.15, 0.2) is 122 Å². The highest BCUT2D eigenvalue weighted by Gasteiger charge is 2.19. The van der Waals surface area contributed by atoms with Crippen LogP contribution in [-0.4, -0.2) is 37.2 Å². The summed E-state index contributed by atoms with van der Waals surface area (Å²) in [5, 5.41) is 0. The van der Waals surface area contributed by atoms with Gasteiger partial charge in [-0.2, -0.15) is 0 Å². The summed E-state index contributed by atoms with van der Waals surface area (Å²) in [7, 11) is 0. The molecule has 0 heterocycles. The lowest BCUT2D eigenvalue weighted by atomic mass is 10.0. The van der Waals surface area contributed by atoms with Crippen LogP contribution in [0.4, 0.5) is 0 Å². The first-order valence-corrected chi connectivity index (χ1v) is 27.5. The number of ether oxygens (including phenoxy) is 3. The van der Waals surface area contributed by atoms with Gasteiger partial charge in [0, 0.05) is 19.3 Å². The fraction of sp³-hybridized carbons (Fsp3) is 0.629. The highest BCUT2D eigenvalue weighted by molar-refractivity contribution is 5.71. The van der Waals surface area contributed by atoms with Crippen molar-refractivity contribution in [3.63, 3.8) is 0 Å². The summed E-state index contributed by atoms with van der Waals surface area (Å²) in [5.74, 6) is -1.07. The number of allylic oxidation sites excluding steroid dienone is 20. The van der Waals surface area contributed by atoms with Crippen molar-refractivity contribution in [3.05, 3.63) is 122 Å². The lowest BCUT2D eigenvalue weighted by molar-refractivity contribution is -0.166. The standard InChI is InChI=1S/C62H100O6/c1-4-7-10-13-16-19-22-25-28-30-31-33-34-37-40-43-46-49-52-55-61(64)67-58-59(57-66-60(63)54-51-48-45-42-39-36-27-24-21-18-15-12-9-6-3)68-62(65)56-53-50-47-44-41-38-35-32-29-26-23-20-17-14-11-8-5-2/h7,10,16-17,19-20,25-26,28-29,31,33,35,37-38,40,44,46-47,49,59H,4-6,8-9,11-15,18,21-24,27,30,32,34,36,39,41-43,45,48,50-58H2,1-3H3/b10-7-,19-16-,20-17-,28-25-,29-26-,33-31-,38-35-,40-37-,47-44-,49-46-/t59-/m1/s1. The monoisotopic (exact) mass is 941 g/mol. The van der Waals surface area contributed by atoms with Gasteiger partial charge >= 0.3 is 17.9 Å². The van der Waals surface area contributed by atoms with Crippen LogP contribution in [-0.2, 0) is 28.6 Å². The maximum absolute atomic E-state index is 12.8. The molecule has 0 aliphatic heterocycles. The van der Waals surface area contributed by atoms with Crippen molar-refractivity contribution in [3.8, 4) is 0 Å². The Morgan fingerprint density at radius 2 is 0.618 bits per heavy atom. The van der Waals surface area contributed by atoms with Crippen LogP contribution in [0.3, 0.4) is 0 Å². The van der Waals surface area contributed by atoms with E-state index in [9.17, 15) is 14.4 Å². The summed E-state index contributed by atoms with van der Waals surface area (Å²) in [6.45, 7) is 6.38. The minimum Gasteiger partial charge on any atom is -0.462 e. The maximum atomic E-state index is 12.8. The number of carbonyl (C=O) groups is 3. The molecule has 0 N–H and O–H groups in total. The first-order valence-electron chi connectivity index (χ1n) is 27.5. The van der Waals surface area contributed by atoms with E-state index in [4.69, 9.17) is 14.2 Å². The van der Waals surface area contributed by atoms with Gasteiger partial charge < -0.3 is 14.2 Å². The lowest BCUT2D eigenvalue weighted by Gasteiger charge is -2.18. The second kappa shape index (κ2) is 55.4. The molecule has 384 valence electrons. The van der Waals surface area contributed by atoms with Gasteiger partial charge in [-0.1, -0.05) is 239 Å². The molecule has 6 heteroatoms. The van der Waals surface area contributed by atoms with E-state index in [0.717, 1.165) is 83.5 Å². The third-order valence-corrected chi connectivity index (χ3v) is 11.2. The Bertz CT molecular complexity index is 1450. The molecule has 68 heavy (non-hydrogen) atoms. The number of unbranched alkanes of at least 4 members (excludes halogenated alkanes) is 17. The average Bonchev–Trinajstić information content (AvgIpc) is 3.34. The summed E-state index contributed by atoms with van der Waals surface area (Å²) >= 11 is 0. The summed E-state index contributed by atoms with van der Waals surface area (Å²) < 4.78 is 16.7. The van der Waals surface area contributed by atoms with Crippen LogP contribution >= 0.6 is 0 Å². The number of hydrogen-bond donors (Lipinski definition) is 0. The molecule has 0 rings (SSSR count). The van der Waals surface area contributed by atoms with Gasteiger partial charge in [0.15, 0.2) is 6.10 Å². The second-order valence-electron chi connectivity index (χ2n) is 17.8. The van der Waals surface area contributed by atoms with Crippen molar-refractivity contribution in [1.29, 1.82) is 0 Å². The van der Waals surface area contributed by atoms with Crippen LogP contribution in [0, 0.1) is 0 Å². The SMILES string of the molecule is CC/C=C\C/C=C\C/C=C\C/C=C\C/C=C\C/C=C\CCC(=O)OC[C@@H](COC(=O)CCCCCCCCCCCCCCCC)OC(=O)CCC/C=C\C/C=C\C/C=C\C/C=C\CCCCC. The summed E-state index contributed by atoms with van der Waals surface area (Å²) in [5.41, 5.74) is 0. The third-order valence-electron chi connectivity index (χ3n) is 11.2. The molecule has 0 amide bonds. The smallest absolute Gasteiger partial charge is 0.306 e. The van der Waals surface area contributed by atoms with Crippen LogP contribution in [0.25, 0.3) is 0 Å². The van der Waals surface area contributed by atoms with Gasteiger partial charge in [-0.05, 0) is 96.3 Å². The molecule has 0 bridgehead atoms. The maximum Gasteiger partial charge on any atom is 0.306 e. The van der Waals surface area contributed by atoms with Crippen molar-refractivity contribution in [2.75, 3.05) is 13.2 Å². The van der Waals surface area contributed by atoms with Gasteiger partial charge in [0.1, 0.15) is 13.2 Å². The fourth-order valence-electron chi connectivity index (χ4n) is 7.11. The van der Waals surface area contributed by atoms with Crippen LogP contribution < -0.4 is 0 Å². The van der Waals surface area contributed by atoms with Crippen molar-refractivity contribution >= 4 is 17.9 Å². The second-order valence-corrected chi connectivity index (χ2v) is 17.8. The molecule has 6 nitrogen and oxygen atoms in total. The van der Waals surface area contributed by atoms with E-state index in [-0.39, 0.29) is 44.0 Å². The molecule has 0 saturated carbocycles. The molecule has 0 fully saturated rings. The van der Waals surface area contributed by atoms with Crippen LogP contribution in [0.1, 0.15) is 233 Å². The van der Waals surface area contributed by atoms with E-state index >= 15 is 0 Å². The number of esters is 3. The zero-order valence-electron chi connectivity index (χ0n) is 43.8. The van der Waals surface area contributed by atoms with E-state index in [1.165, 1.54) is 96.3 Å².